The van der Waals surface area contributed by atoms with Gasteiger partial charge in [-0.25, -0.2) is 4.39 Å². The van der Waals surface area contributed by atoms with Crippen LogP contribution in [0.4, 0.5) is 10.1 Å². The van der Waals surface area contributed by atoms with E-state index in [1.165, 1.54) is 6.07 Å². The Bertz CT molecular complexity index is 755. The third-order valence-corrected chi connectivity index (χ3v) is 4.31. The molecule has 0 saturated heterocycles. The van der Waals surface area contributed by atoms with E-state index < -0.39 is 0 Å². The van der Waals surface area contributed by atoms with Crippen LogP contribution in [0.2, 0.25) is 0 Å². The van der Waals surface area contributed by atoms with Crippen LogP contribution in [0.1, 0.15) is 41.3 Å². The third-order valence-electron chi connectivity index (χ3n) is 4.31. The second-order valence-electron chi connectivity index (χ2n) is 6.09. The maximum atomic E-state index is 14.2. The summed E-state index contributed by atoms with van der Waals surface area (Å²) in [6.07, 6.45) is 0.728. The Labute approximate surface area is 135 Å². The number of carbonyl (C=O) groups excluding carboxylic acids is 1. The number of hydrogen-bond acceptors (Lipinski definition) is 2. The van der Waals surface area contributed by atoms with E-state index in [4.69, 9.17) is 4.74 Å². The van der Waals surface area contributed by atoms with Gasteiger partial charge in [-0.2, -0.15) is 0 Å². The molecule has 3 rings (SSSR count). The highest BCUT2D eigenvalue weighted by Crippen LogP contribution is 2.29. The van der Waals surface area contributed by atoms with Gasteiger partial charge in [0.15, 0.2) is 0 Å². The lowest BCUT2D eigenvalue weighted by molar-refractivity contribution is 0.0980. The third kappa shape index (κ3) is 2.81. The largest absolute Gasteiger partial charge is 0.497 e. The molecule has 0 atom stereocenters. The predicted octanol–water partition coefficient (Wildman–Crippen LogP) is 4.16. The SMILES string of the molecule is COc1ccc2c(c1)CCN(c1ccc(C(C)C)c(F)c1)C2=O. The van der Waals surface area contributed by atoms with Crippen molar-refractivity contribution in [1.82, 2.24) is 0 Å². The molecular weight excluding hydrogens is 293 g/mol. The van der Waals surface area contributed by atoms with E-state index in [0.717, 1.165) is 17.7 Å². The summed E-state index contributed by atoms with van der Waals surface area (Å²) in [5.74, 6) is 0.517. The van der Waals surface area contributed by atoms with Gasteiger partial charge >= 0.3 is 0 Å². The number of nitrogens with zero attached hydrogens (tertiary/aromatic N) is 1. The van der Waals surface area contributed by atoms with E-state index in [9.17, 15) is 9.18 Å². The molecule has 0 unspecified atom stereocenters. The minimum Gasteiger partial charge on any atom is -0.497 e. The molecule has 0 fully saturated rings. The van der Waals surface area contributed by atoms with Crippen LogP contribution >= 0.6 is 0 Å². The zero-order valence-electron chi connectivity index (χ0n) is 13.6. The number of benzene rings is 2. The van der Waals surface area contributed by atoms with Gasteiger partial charge < -0.3 is 9.64 Å². The minimum atomic E-state index is -0.258. The van der Waals surface area contributed by atoms with E-state index >= 15 is 0 Å². The number of carbonyl (C=O) groups is 1. The lowest BCUT2D eigenvalue weighted by atomic mass is 9.97. The fourth-order valence-corrected chi connectivity index (χ4v) is 2.99. The molecule has 0 saturated carbocycles. The summed E-state index contributed by atoms with van der Waals surface area (Å²) in [7, 11) is 1.61. The zero-order chi connectivity index (χ0) is 16.6. The van der Waals surface area contributed by atoms with Crippen molar-refractivity contribution in [2.24, 2.45) is 0 Å². The molecule has 1 aliphatic rings. The maximum absolute atomic E-state index is 14.2. The Morgan fingerprint density at radius 2 is 1.96 bits per heavy atom. The van der Waals surface area contributed by atoms with Gasteiger partial charge in [-0.1, -0.05) is 19.9 Å². The molecule has 2 aromatic rings. The van der Waals surface area contributed by atoms with E-state index in [2.05, 4.69) is 0 Å². The number of hydrogen-bond donors (Lipinski definition) is 0. The number of amides is 1. The number of methoxy groups -OCH3 is 1. The molecule has 2 aromatic carbocycles. The Morgan fingerprint density at radius 1 is 1.17 bits per heavy atom. The molecule has 0 bridgehead atoms. The predicted molar refractivity (Wildman–Crippen MR) is 88.9 cm³/mol. The van der Waals surface area contributed by atoms with Crippen molar-refractivity contribution >= 4 is 11.6 Å². The van der Waals surface area contributed by atoms with Crippen LogP contribution in [-0.4, -0.2) is 19.6 Å². The first-order valence-corrected chi connectivity index (χ1v) is 7.79. The van der Waals surface area contributed by atoms with Gasteiger partial charge in [0.1, 0.15) is 11.6 Å². The first-order valence-electron chi connectivity index (χ1n) is 7.79. The number of fused-ring (bicyclic) bond motifs is 1. The lowest BCUT2D eigenvalue weighted by Crippen LogP contribution is -2.37. The summed E-state index contributed by atoms with van der Waals surface area (Å²) in [6.45, 7) is 4.45. The van der Waals surface area contributed by atoms with Gasteiger partial charge in [0, 0.05) is 17.8 Å². The summed E-state index contributed by atoms with van der Waals surface area (Å²) < 4.78 is 19.4. The fourth-order valence-electron chi connectivity index (χ4n) is 2.99. The van der Waals surface area contributed by atoms with Crippen LogP contribution in [0.5, 0.6) is 5.75 Å². The van der Waals surface area contributed by atoms with Crippen molar-refractivity contribution in [3.63, 3.8) is 0 Å². The van der Waals surface area contributed by atoms with Gasteiger partial charge in [0.05, 0.1) is 7.11 Å². The second-order valence-corrected chi connectivity index (χ2v) is 6.09. The lowest BCUT2D eigenvalue weighted by Gasteiger charge is -2.29. The highest BCUT2D eigenvalue weighted by Gasteiger charge is 2.26. The Hall–Kier alpha value is -2.36. The molecule has 23 heavy (non-hydrogen) atoms. The molecule has 120 valence electrons. The first kappa shape index (κ1) is 15.5. The zero-order valence-corrected chi connectivity index (χ0v) is 13.6. The normalized spacial score (nSPS) is 14.1. The van der Waals surface area contributed by atoms with Crippen LogP contribution in [0.15, 0.2) is 36.4 Å². The van der Waals surface area contributed by atoms with Crippen molar-refractivity contribution < 1.29 is 13.9 Å². The molecule has 4 heteroatoms. The maximum Gasteiger partial charge on any atom is 0.258 e. The quantitative estimate of drug-likeness (QED) is 0.851. The Balaban J connectivity index is 1.93. The topological polar surface area (TPSA) is 29.5 Å². The van der Waals surface area contributed by atoms with Crippen LogP contribution in [0.25, 0.3) is 0 Å². The van der Waals surface area contributed by atoms with E-state index in [1.54, 1.807) is 30.2 Å². The summed E-state index contributed by atoms with van der Waals surface area (Å²) in [5.41, 5.74) is 2.91. The van der Waals surface area contributed by atoms with Crippen LogP contribution in [0, 0.1) is 5.82 Å². The van der Waals surface area contributed by atoms with Crippen molar-refractivity contribution in [2.75, 3.05) is 18.6 Å². The van der Waals surface area contributed by atoms with Crippen LogP contribution in [-0.2, 0) is 6.42 Å². The standard InChI is InChI=1S/C19H20FNO2/c1-12(2)16-6-4-14(11-18(16)20)21-9-8-13-10-15(23-3)5-7-17(13)19(21)22/h4-7,10-12H,8-9H2,1-3H3. The molecule has 1 heterocycles. The molecule has 3 nitrogen and oxygen atoms in total. The summed E-state index contributed by atoms with van der Waals surface area (Å²) in [5, 5.41) is 0. The monoisotopic (exact) mass is 313 g/mol. The first-order chi connectivity index (χ1) is 11.0. The summed E-state index contributed by atoms with van der Waals surface area (Å²) in [6, 6.07) is 10.5. The number of ether oxygens (including phenoxy) is 1. The van der Waals surface area contributed by atoms with Crippen LogP contribution < -0.4 is 9.64 Å². The molecular formula is C19H20FNO2. The van der Waals surface area contributed by atoms with E-state index in [1.807, 2.05) is 26.0 Å². The summed E-state index contributed by atoms with van der Waals surface area (Å²) in [4.78, 5) is 14.4. The summed E-state index contributed by atoms with van der Waals surface area (Å²) >= 11 is 0. The molecule has 0 N–H and O–H groups in total. The number of rotatable bonds is 3. The smallest absolute Gasteiger partial charge is 0.258 e. The molecule has 1 amide bonds. The molecule has 0 spiro atoms. The minimum absolute atomic E-state index is 0.0920. The average Bonchev–Trinajstić information content (AvgIpc) is 2.54. The van der Waals surface area contributed by atoms with Gasteiger partial charge in [0.2, 0.25) is 0 Å². The van der Waals surface area contributed by atoms with Crippen molar-refractivity contribution in [2.45, 2.75) is 26.2 Å². The fraction of sp³-hybridized carbons (Fsp3) is 0.316. The molecule has 0 radical (unpaired) electrons. The van der Waals surface area contributed by atoms with Crippen molar-refractivity contribution in [1.29, 1.82) is 0 Å². The highest BCUT2D eigenvalue weighted by atomic mass is 19.1. The van der Waals surface area contributed by atoms with E-state index in [-0.39, 0.29) is 17.6 Å². The highest BCUT2D eigenvalue weighted by molar-refractivity contribution is 6.08. The van der Waals surface area contributed by atoms with Gasteiger partial charge in [-0.15, -0.1) is 0 Å². The number of anilines is 1. The second kappa shape index (κ2) is 6.03. The Kier molecular flexibility index (Phi) is 4.07. The van der Waals surface area contributed by atoms with Gasteiger partial charge in [-0.3, -0.25) is 4.79 Å². The van der Waals surface area contributed by atoms with Crippen molar-refractivity contribution in [3.8, 4) is 5.75 Å². The van der Waals surface area contributed by atoms with Crippen molar-refractivity contribution in [3.05, 3.63) is 58.9 Å². The average molecular weight is 313 g/mol. The van der Waals surface area contributed by atoms with Gasteiger partial charge in [0.25, 0.3) is 5.91 Å². The number of halogens is 1. The molecule has 0 aromatic heterocycles. The van der Waals surface area contributed by atoms with E-state index in [0.29, 0.717) is 23.4 Å². The van der Waals surface area contributed by atoms with Crippen LogP contribution in [0.3, 0.4) is 0 Å². The molecule has 0 aliphatic carbocycles. The van der Waals surface area contributed by atoms with Gasteiger partial charge in [-0.05, 0) is 53.8 Å². The molecule has 1 aliphatic heterocycles. The Morgan fingerprint density at radius 3 is 2.61 bits per heavy atom.